The molecule has 3 nitrogen and oxygen atoms in total. The van der Waals surface area contributed by atoms with Gasteiger partial charge in [-0.05, 0) is 26.8 Å². The van der Waals surface area contributed by atoms with Crippen molar-refractivity contribution in [2.24, 2.45) is 0 Å². The van der Waals surface area contributed by atoms with Gasteiger partial charge < -0.3 is 10.1 Å². The van der Waals surface area contributed by atoms with E-state index in [0.717, 1.165) is 30.2 Å². The average Bonchev–Trinajstić information content (AvgIpc) is 2.74. The van der Waals surface area contributed by atoms with Gasteiger partial charge in [-0.2, -0.15) is 0 Å². The van der Waals surface area contributed by atoms with Gasteiger partial charge in [0.15, 0.2) is 0 Å². The summed E-state index contributed by atoms with van der Waals surface area (Å²) in [7, 11) is 0. The Morgan fingerprint density at radius 2 is 2.43 bits per heavy atom. The molecule has 1 aromatic rings. The van der Waals surface area contributed by atoms with Gasteiger partial charge in [0.1, 0.15) is 5.01 Å². The maximum absolute atomic E-state index is 5.74. The van der Waals surface area contributed by atoms with Crippen molar-refractivity contribution in [2.75, 3.05) is 13.1 Å². The lowest BCUT2D eigenvalue weighted by atomic mass is 10.3. The standard InChI is InChI=1S/C10H16N2OS/c1-7-8(2)14-10(12-7)6-13-9-3-4-11-5-9/h9,11H,3-6H2,1-2H3. The number of hydrogen-bond donors (Lipinski definition) is 1. The van der Waals surface area contributed by atoms with Crippen LogP contribution in [0.15, 0.2) is 0 Å². The molecule has 78 valence electrons. The lowest BCUT2D eigenvalue weighted by Gasteiger charge is -2.07. The molecule has 0 aromatic carbocycles. The van der Waals surface area contributed by atoms with E-state index in [9.17, 15) is 0 Å². The van der Waals surface area contributed by atoms with E-state index in [0.29, 0.717) is 12.7 Å². The molecule has 0 aliphatic carbocycles. The van der Waals surface area contributed by atoms with Gasteiger partial charge in [-0.1, -0.05) is 0 Å². The van der Waals surface area contributed by atoms with Gasteiger partial charge >= 0.3 is 0 Å². The summed E-state index contributed by atoms with van der Waals surface area (Å²) < 4.78 is 5.74. The third-order valence-corrected chi connectivity index (χ3v) is 3.58. The van der Waals surface area contributed by atoms with E-state index >= 15 is 0 Å². The number of aromatic nitrogens is 1. The molecule has 2 rings (SSSR count). The second-order valence-electron chi connectivity index (χ2n) is 3.68. The van der Waals surface area contributed by atoms with Crippen LogP contribution in [0.4, 0.5) is 0 Å². The third-order valence-electron chi connectivity index (χ3n) is 2.53. The van der Waals surface area contributed by atoms with Crippen LogP contribution < -0.4 is 5.32 Å². The molecule has 1 aromatic heterocycles. The SMILES string of the molecule is Cc1nc(COC2CCNC2)sc1C. The first kappa shape index (κ1) is 10.1. The van der Waals surface area contributed by atoms with E-state index in [1.165, 1.54) is 4.88 Å². The Hall–Kier alpha value is -0.450. The molecule has 0 saturated carbocycles. The van der Waals surface area contributed by atoms with Crippen molar-refractivity contribution < 1.29 is 4.74 Å². The van der Waals surface area contributed by atoms with Gasteiger partial charge in [-0.25, -0.2) is 4.98 Å². The maximum atomic E-state index is 5.74. The van der Waals surface area contributed by atoms with Gasteiger partial charge in [0.25, 0.3) is 0 Å². The Bertz CT molecular complexity index is 286. The molecule has 1 aliphatic heterocycles. The van der Waals surface area contributed by atoms with Crippen LogP contribution in [-0.4, -0.2) is 24.2 Å². The molecule has 1 atom stereocenters. The molecule has 0 radical (unpaired) electrons. The van der Waals surface area contributed by atoms with Crippen LogP contribution in [0.25, 0.3) is 0 Å². The number of aryl methyl sites for hydroxylation is 2. The summed E-state index contributed by atoms with van der Waals surface area (Å²) in [5.74, 6) is 0. The van der Waals surface area contributed by atoms with Crippen LogP contribution in [0, 0.1) is 13.8 Å². The van der Waals surface area contributed by atoms with Crippen molar-refractivity contribution in [3.63, 3.8) is 0 Å². The molecule has 0 amide bonds. The Morgan fingerprint density at radius 3 is 3.00 bits per heavy atom. The fraction of sp³-hybridized carbons (Fsp3) is 0.700. The summed E-state index contributed by atoms with van der Waals surface area (Å²) in [5.41, 5.74) is 1.14. The zero-order chi connectivity index (χ0) is 9.97. The number of thiazole rings is 1. The van der Waals surface area contributed by atoms with Crippen molar-refractivity contribution in [3.05, 3.63) is 15.6 Å². The second-order valence-corrected chi connectivity index (χ2v) is 4.96. The van der Waals surface area contributed by atoms with Crippen molar-refractivity contribution in [3.8, 4) is 0 Å². The summed E-state index contributed by atoms with van der Waals surface area (Å²) in [6, 6.07) is 0. The highest BCUT2D eigenvalue weighted by Gasteiger charge is 2.15. The number of ether oxygens (including phenoxy) is 1. The summed E-state index contributed by atoms with van der Waals surface area (Å²) in [6.07, 6.45) is 1.52. The van der Waals surface area contributed by atoms with Crippen LogP contribution in [0.1, 0.15) is 22.0 Å². The van der Waals surface area contributed by atoms with E-state index in [1.807, 2.05) is 6.92 Å². The highest BCUT2D eigenvalue weighted by molar-refractivity contribution is 7.11. The summed E-state index contributed by atoms with van der Waals surface area (Å²) >= 11 is 1.74. The topological polar surface area (TPSA) is 34.1 Å². The summed E-state index contributed by atoms with van der Waals surface area (Å²) in [6.45, 7) is 6.90. The Morgan fingerprint density at radius 1 is 1.57 bits per heavy atom. The molecular formula is C10H16N2OS. The first-order chi connectivity index (χ1) is 6.75. The average molecular weight is 212 g/mol. The van der Waals surface area contributed by atoms with Crippen LogP contribution in [-0.2, 0) is 11.3 Å². The van der Waals surface area contributed by atoms with E-state index in [1.54, 1.807) is 11.3 Å². The molecule has 1 unspecified atom stereocenters. The third kappa shape index (κ3) is 2.32. The van der Waals surface area contributed by atoms with Gasteiger partial charge in [0.05, 0.1) is 18.4 Å². The fourth-order valence-electron chi connectivity index (χ4n) is 1.56. The molecular weight excluding hydrogens is 196 g/mol. The zero-order valence-electron chi connectivity index (χ0n) is 8.67. The van der Waals surface area contributed by atoms with Crippen LogP contribution in [0.3, 0.4) is 0 Å². The maximum Gasteiger partial charge on any atom is 0.119 e. The largest absolute Gasteiger partial charge is 0.370 e. The number of rotatable bonds is 3. The molecule has 14 heavy (non-hydrogen) atoms. The van der Waals surface area contributed by atoms with Crippen molar-refractivity contribution in [2.45, 2.75) is 33.0 Å². The Balaban J connectivity index is 1.85. The monoisotopic (exact) mass is 212 g/mol. The van der Waals surface area contributed by atoms with Gasteiger partial charge in [0, 0.05) is 11.4 Å². The first-order valence-electron chi connectivity index (χ1n) is 5.01. The molecule has 1 N–H and O–H groups in total. The fourth-order valence-corrected chi connectivity index (χ4v) is 2.42. The van der Waals surface area contributed by atoms with E-state index in [2.05, 4.69) is 17.2 Å². The van der Waals surface area contributed by atoms with Crippen LogP contribution in [0.2, 0.25) is 0 Å². The minimum atomic E-state index is 0.388. The van der Waals surface area contributed by atoms with Gasteiger partial charge in [0.2, 0.25) is 0 Å². The predicted molar refractivity (Wildman–Crippen MR) is 57.7 cm³/mol. The molecule has 0 bridgehead atoms. The number of nitrogens with one attached hydrogen (secondary N) is 1. The molecule has 1 aliphatic rings. The van der Waals surface area contributed by atoms with Crippen molar-refractivity contribution in [1.29, 1.82) is 0 Å². The number of hydrogen-bond acceptors (Lipinski definition) is 4. The van der Waals surface area contributed by atoms with Gasteiger partial charge in [-0.15, -0.1) is 11.3 Å². The van der Waals surface area contributed by atoms with Crippen LogP contribution in [0.5, 0.6) is 0 Å². The van der Waals surface area contributed by atoms with E-state index in [-0.39, 0.29) is 0 Å². The summed E-state index contributed by atoms with van der Waals surface area (Å²) in [5, 5.41) is 4.39. The Labute approximate surface area is 88.5 Å². The van der Waals surface area contributed by atoms with Crippen LogP contribution >= 0.6 is 11.3 Å². The lowest BCUT2D eigenvalue weighted by molar-refractivity contribution is 0.0540. The minimum absolute atomic E-state index is 0.388. The van der Waals surface area contributed by atoms with Gasteiger partial charge in [-0.3, -0.25) is 0 Å². The molecule has 1 fully saturated rings. The second kappa shape index (κ2) is 4.38. The predicted octanol–water partition coefficient (Wildman–Crippen LogP) is 1.64. The first-order valence-corrected chi connectivity index (χ1v) is 5.82. The zero-order valence-corrected chi connectivity index (χ0v) is 9.49. The molecule has 1 saturated heterocycles. The number of nitrogens with zero attached hydrogens (tertiary/aromatic N) is 1. The molecule has 0 spiro atoms. The molecule has 2 heterocycles. The summed E-state index contributed by atoms with van der Waals surface area (Å²) in [4.78, 5) is 5.74. The van der Waals surface area contributed by atoms with E-state index < -0.39 is 0 Å². The van der Waals surface area contributed by atoms with Crippen molar-refractivity contribution >= 4 is 11.3 Å². The smallest absolute Gasteiger partial charge is 0.119 e. The minimum Gasteiger partial charge on any atom is -0.370 e. The lowest BCUT2D eigenvalue weighted by Crippen LogP contribution is -2.16. The normalized spacial score (nSPS) is 21.7. The quantitative estimate of drug-likeness (QED) is 0.827. The molecule has 4 heteroatoms. The van der Waals surface area contributed by atoms with Crippen molar-refractivity contribution in [1.82, 2.24) is 10.3 Å². The Kier molecular flexibility index (Phi) is 3.15. The highest BCUT2D eigenvalue weighted by Crippen LogP contribution is 2.18. The highest BCUT2D eigenvalue weighted by atomic mass is 32.1. The van der Waals surface area contributed by atoms with E-state index in [4.69, 9.17) is 4.74 Å².